The van der Waals surface area contributed by atoms with Crippen molar-refractivity contribution in [3.05, 3.63) is 70.8 Å². The summed E-state index contributed by atoms with van der Waals surface area (Å²) in [6, 6.07) is 12.1. The highest BCUT2D eigenvalue weighted by Crippen LogP contribution is 2.29. The van der Waals surface area contributed by atoms with Crippen molar-refractivity contribution in [2.75, 3.05) is 6.26 Å². The van der Waals surface area contributed by atoms with E-state index in [2.05, 4.69) is 5.32 Å². The smallest absolute Gasteiger partial charge is 0.348 e. The fourth-order valence-corrected chi connectivity index (χ4v) is 2.58. The predicted molar refractivity (Wildman–Crippen MR) is 86.3 cm³/mol. The third-order valence-electron chi connectivity index (χ3n) is 3.23. The Kier molecular flexibility index (Phi) is 5.71. The normalized spacial score (nSPS) is 11.3. The van der Waals surface area contributed by atoms with Crippen LogP contribution in [0, 0.1) is 0 Å². The van der Waals surface area contributed by atoms with Crippen LogP contribution in [0.4, 0.5) is 13.2 Å². The van der Waals surface area contributed by atoms with Gasteiger partial charge in [0.25, 0.3) is 5.91 Å². The van der Waals surface area contributed by atoms with Gasteiger partial charge in [-0.2, -0.15) is 24.9 Å². The summed E-state index contributed by atoms with van der Waals surface area (Å²) in [6.07, 6.45) is -2.36. The lowest BCUT2D eigenvalue weighted by molar-refractivity contribution is -0.137. The van der Waals surface area contributed by atoms with E-state index in [4.69, 9.17) is 0 Å². The van der Waals surface area contributed by atoms with Crippen LogP contribution in [0.3, 0.4) is 0 Å². The van der Waals surface area contributed by atoms with Crippen LogP contribution < -0.4 is 5.32 Å². The van der Waals surface area contributed by atoms with Crippen molar-refractivity contribution in [1.82, 2.24) is 5.32 Å². The molecule has 0 aliphatic rings. The van der Waals surface area contributed by atoms with Crippen LogP contribution in [0.15, 0.2) is 48.5 Å². The van der Waals surface area contributed by atoms with Crippen LogP contribution in [-0.2, 0) is 18.5 Å². The average molecular weight is 339 g/mol. The number of nitrogens with one attached hydrogen (secondary N) is 1. The van der Waals surface area contributed by atoms with Crippen LogP contribution >= 0.6 is 11.8 Å². The second-order valence-corrected chi connectivity index (χ2v) is 5.88. The molecule has 1 amide bonds. The number of carbonyl (C=O) groups excluding carboxylic acids is 1. The zero-order chi connectivity index (χ0) is 16.9. The molecule has 0 heterocycles. The molecular weight excluding hydrogens is 323 g/mol. The molecule has 0 aliphatic heterocycles. The van der Waals surface area contributed by atoms with E-state index < -0.39 is 11.7 Å². The quantitative estimate of drug-likeness (QED) is 0.869. The molecular formula is C17H16F3NOS. The number of thioether (sulfide) groups is 1. The molecule has 0 saturated carbocycles. The lowest BCUT2D eigenvalue weighted by Gasteiger charge is -2.09. The van der Waals surface area contributed by atoms with Gasteiger partial charge < -0.3 is 5.32 Å². The fourth-order valence-electron chi connectivity index (χ4n) is 2.07. The van der Waals surface area contributed by atoms with Crippen LogP contribution in [0.5, 0.6) is 0 Å². The number of alkyl halides is 3. The van der Waals surface area contributed by atoms with Gasteiger partial charge in [-0.05, 0) is 41.6 Å². The highest BCUT2D eigenvalue weighted by molar-refractivity contribution is 7.97. The van der Waals surface area contributed by atoms with E-state index in [0.717, 1.165) is 23.4 Å². The summed E-state index contributed by atoms with van der Waals surface area (Å²) in [7, 11) is 0. The molecule has 0 aliphatic carbocycles. The first-order valence-electron chi connectivity index (χ1n) is 6.92. The van der Waals surface area contributed by atoms with Crippen molar-refractivity contribution in [3.63, 3.8) is 0 Å². The molecule has 0 fully saturated rings. The number of hydrogen-bond acceptors (Lipinski definition) is 2. The van der Waals surface area contributed by atoms with E-state index in [-0.39, 0.29) is 12.5 Å². The van der Waals surface area contributed by atoms with Crippen molar-refractivity contribution >= 4 is 17.7 Å². The number of halogens is 3. The van der Waals surface area contributed by atoms with Crippen LogP contribution in [0.1, 0.15) is 27.0 Å². The van der Waals surface area contributed by atoms with E-state index in [1.807, 2.05) is 24.5 Å². The van der Waals surface area contributed by atoms with Crippen LogP contribution in [0.2, 0.25) is 0 Å². The SMILES string of the molecule is CSCc1cccc(C(=O)NCc2ccc(C(F)(F)F)cc2)c1. The maximum atomic E-state index is 12.5. The minimum Gasteiger partial charge on any atom is -0.348 e. The van der Waals surface area contributed by atoms with Crippen molar-refractivity contribution in [2.24, 2.45) is 0 Å². The topological polar surface area (TPSA) is 29.1 Å². The molecule has 0 unspecified atom stereocenters. The fraction of sp³-hybridized carbons (Fsp3) is 0.235. The molecule has 2 nitrogen and oxygen atoms in total. The second kappa shape index (κ2) is 7.55. The molecule has 1 N–H and O–H groups in total. The lowest BCUT2D eigenvalue weighted by Crippen LogP contribution is -2.22. The lowest BCUT2D eigenvalue weighted by atomic mass is 10.1. The summed E-state index contributed by atoms with van der Waals surface area (Å²) >= 11 is 1.67. The first kappa shape index (κ1) is 17.4. The average Bonchev–Trinajstić information content (AvgIpc) is 2.53. The van der Waals surface area contributed by atoms with Gasteiger partial charge in [0.15, 0.2) is 0 Å². The molecule has 2 rings (SSSR count). The van der Waals surface area contributed by atoms with E-state index in [1.165, 1.54) is 12.1 Å². The largest absolute Gasteiger partial charge is 0.416 e. The maximum absolute atomic E-state index is 12.5. The van der Waals surface area contributed by atoms with Crippen molar-refractivity contribution < 1.29 is 18.0 Å². The van der Waals surface area contributed by atoms with Gasteiger partial charge in [-0.15, -0.1) is 0 Å². The summed E-state index contributed by atoms with van der Waals surface area (Å²) in [6.45, 7) is 0.184. The zero-order valence-electron chi connectivity index (χ0n) is 12.5. The van der Waals surface area contributed by atoms with Crippen LogP contribution in [0.25, 0.3) is 0 Å². The number of hydrogen-bond donors (Lipinski definition) is 1. The Labute approximate surface area is 137 Å². The standard InChI is InChI=1S/C17H16F3NOS/c1-23-11-13-3-2-4-14(9-13)16(22)21-10-12-5-7-15(8-6-12)17(18,19)20/h2-9H,10-11H2,1H3,(H,21,22). The number of benzene rings is 2. The molecule has 2 aromatic carbocycles. The van der Waals surface area contributed by atoms with E-state index >= 15 is 0 Å². The molecule has 0 aromatic heterocycles. The van der Waals surface area contributed by atoms with Gasteiger partial charge in [-0.3, -0.25) is 4.79 Å². The Hall–Kier alpha value is -1.95. The first-order valence-corrected chi connectivity index (χ1v) is 8.32. The summed E-state index contributed by atoms with van der Waals surface area (Å²) in [5.74, 6) is 0.577. The molecule has 23 heavy (non-hydrogen) atoms. The highest BCUT2D eigenvalue weighted by Gasteiger charge is 2.29. The van der Waals surface area contributed by atoms with Gasteiger partial charge in [0.2, 0.25) is 0 Å². The molecule has 2 aromatic rings. The third-order valence-corrected chi connectivity index (χ3v) is 3.86. The Balaban J connectivity index is 1.97. The monoisotopic (exact) mass is 339 g/mol. The summed E-state index contributed by atoms with van der Waals surface area (Å²) in [4.78, 5) is 12.1. The van der Waals surface area contributed by atoms with Gasteiger partial charge in [-0.25, -0.2) is 0 Å². The molecule has 0 radical (unpaired) electrons. The van der Waals surface area contributed by atoms with E-state index in [1.54, 1.807) is 17.8 Å². The minimum atomic E-state index is -4.35. The Morgan fingerprint density at radius 3 is 2.39 bits per heavy atom. The molecule has 0 atom stereocenters. The second-order valence-electron chi connectivity index (χ2n) is 5.01. The number of carbonyl (C=O) groups is 1. The number of amides is 1. The summed E-state index contributed by atoms with van der Waals surface area (Å²) < 4.78 is 37.5. The Morgan fingerprint density at radius 2 is 1.78 bits per heavy atom. The van der Waals surface area contributed by atoms with Gasteiger partial charge in [0.1, 0.15) is 0 Å². The van der Waals surface area contributed by atoms with Gasteiger partial charge in [0.05, 0.1) is 5.56 Å². The summed E-state index contributed by atoms with van der Waals surface area (Å²) in [5.41, 5.74) is 1.52. The van der Waals surface area contributed by atoms with Crippen molar-refractivity contribution in [3.8, 4) is 0 Å². The molecule has 0 spiro atoms. The van der Waals surface area contributed by atoms with Crippen molar-refractivity contribution in [2.45, 2.75) is 18.5 Å². The Morgan fingerprint density at radius 1 is 1.09 bits per heavy atom. The molecule has 0 saturated heterocycles. The molecule has 6 heteroatoms. The van der Waals surface area contributed by atoms with E-state index in [0.29, 0.717) is 11.1 Å². The molecule has 0 bridgehead atoms. The van der Waals surface area contributed by atoms with Gasteiger partial charge >= 0.3 is 6.18 Å². The van der Waals surface area contributed by atoms with Crippen molar-refractivity contribution in [1.29, 1.82) is 0 Å². The van der Waals surface area contributed by atoms with Gasteiger partial charge in [0, 0.05) is 17.9 Å². The highest BCUT2D eigenvalue weighted by atomic mass is 32.2. The zero-order valence-corrected chi connectivity index (χ0v) is 13.3. The van der Waals surface area contributed by atoms with E-state index in [9.17, 15) is 18.0 Å². The number of rotatable bonds is 5. The van der Waals surface area contributed by atoms with Gasteiger partial charge in [-0.1, -0.05) is 24.3 Å². The van der Waals surface area contributed by atoms with Crippen LogP contribution in [-0.4, -0.2) is 12.2 Å². The summed E-state index contributed by atoms with van der Waals surface area (Å²) in [5, 5.41) is 2.72. The first-order chi connectivity index (χ1) is 10.9. The molecule has 122 valence electrons. The predicted octanol–water partition coefficient (Wildman–Crippen LogP) is 4.50. The minimum absolute atomic E-state index is 0.184. The third kappa shape index (κ3) is 5.03. The maximum Gasteiger partial charge on any atom is 0.416 e. The Bertz CT molecular complexity index is 668.